The summed E-state index contributed by atoms with van der Waals surface area (Å²) in [6.07, 6.45) is 5.08. The van der Waals surface area contributed by atoms with E-state index in [0.29, 0.717) is 12.1 Å². The summed E-state index contributed by atoms with van der Waals surface area (Å²) in [7, 11) is 1.32. The van der Waals surface area contributed by atoms with Crippen LogP contribution in [0, 0.1) is 5.92 Å². The first kappa shape index (κ1) is 16.6. The largest absolute Gasteiger partial charge is 0.469 e. The van der Waals surface area contributed by atoms with Crippen LogP contribution in [0.25, 0.3) is 5.65 Å². The highest BCUT2D eigenvalue weighted by Gasteiger charge is 2.23. The van der Waals surface area contributed by atoms with Gasteiger partial charge in [-0.15, -0.1) is 0 Å². The van der Waals surface area contributed by atoms with E-state index in [0.717, 1.165) is 5.56 Å². The summed E-state index contributed by atoms with van der Waals surface area (Å²) >= 11 is 0. The molecule has 2 aromatic heterocycles. The van der Waals surface area contributed by atoms with Gasteiger partial charge in [0, 0.05) is 12.4 Å². The number of nitrogens with zero attached hydrogens (tertiary/aromatic N) is 3. The van der Waals surface area contributed by atoms with Gasteiger partial charge in [-0.1, -0.05) is 30.3 Å². The number of carbonyl (C=O) groups is 2. The van der Waals surface area contributed by atoms with Gasteiger partial charge in [-0.2, -0.15) is 5.10 Å². The van der Waals surface area contributed by atoms with Crippen LogP contribution in [0.4, 0.5) is 0 Å². The molecule has 0 spiro atoms. The number of benzene rings is 1. The third-order valence-electron chi connectivity index (χ3n) is 3.77. The molecule has 25 heavy (non-hydrogen) atoms. The van der Waals surface area contributed by atoms with Gasteiger partial charge in [-0.25, -0.2) is 14.3 Å². The maximum absolute atomic E-state index is 12.3. The number of ether oxygens (including phenoxy) is 2. The highest BCUT2D eigenvalue weighted by molar-refractivity contribution is 5.95. The lowest BCUT2D eigenvalue weighted by atomic mass is 10.0. The minimum absolute atomic E-state index is 0.0788. The van der Waals surface area contributed by atoms with E-state index in [2.05, 4.69) is 10.1 Å². The van der Waals surface area contributed by atoms with Crippen molar-refractivity contribution in [2.75, 3.05) is 13.7 Å². The van der Waals surface area contributed by atoms with Crippen molar-refractivity contribution in [2.24, 2.45) is 5.92 Å². The molecule has 0 saturated carbocycles. The predicted molar refractivity (Wildman–Crippen MR) is 88.9 cm³/mol. The van der Waals surface area contributed by atoms with Crippen LogP contribution in [0.2, 0.25) is 0 Å². The van der Waals surface area contributed by atoms with E-state index in [1.807, 2.05) is 30.3 Å². The molecule has 128 valence electrons. The first-order valence-corrected chi connectivity index (χ1v) is 7.76. The minimum Gasteiger partial charge on any atom is -0.469 e. The highest BCUT2D eigenvalue weighted by atomic mass is 16.5. The van der Waals surface area contributed by atoms with Crippen molar-refractivity contribution >= 4 is 17.6 Å². The van der Waals surface area contributed by atoms with E-state index in [1.54, 1.807) is 18.5 Å². The number of methoxy groups -OCH3 is 1. The Labute approximate surface area is 144 Å². The zero-order chi connectivity index (χ0) is 17.6. The second kappa shape index (κ2) is 7.57. The number of hydrogen-bond acceptors (Lipinski definition) is 6. The fraction of sp³-hybridized carbons (Fsp3) is 0.222. The summed E-state index contributed by atoms with van der Waals surface area (Å²) in [5, 5.41) is 4.05. The molecule has 1 aromatic carbocycles. The second-order valence-electron chi connectivity index (χ2n) is 5.45. The Hall–Kier alpha value is -3.22. The standard InChI is InChI=1S/C18H17N3O4/c1-24-17(22)14(10-13-6-3-2-4-7-13)12-25-18(23)15-11-20-21-9-5-8-19-16(15)21/h2-9,11,14H,10,12H2,1H3/t14-/m1/s1. The lowest BCUT2D eigenvalue weighted by Crippen LogP contribution is -2.25. The normalized spacial score (nSPS) is 11.9. The summed E-state index contributed by atoms with van der Waals surface area (Å²) in [6.45, 7) is -0.0788. The van der Waals surface area contributed by atoms with Crippen molar-refractivity contribution in [1.29, 1.82) is 0 Å². The fourth-order valence-electron chi connectivity index (χ4n) is 2.50. The smallest absolute Gasteiger partial charge is 0.343 e. The molecule has 3 rings (SSSR count). The van der Waals surface area contributed by atoms with Gasteiger partial charge in [-0.05, 0) is 18.1 Å². The molecular weight excluding hydrogens is 322 g/mol. The van der Waals surface area contributed by atoms with Crippen molar-refractivity contribution in [3.63, 3.8) is 0 Å². The van der Waals surface area contributed by atoms with Crippen LogP contribution in [-0.2, 0) is 20.7 Å². The van der Waals surface area contributed by atoms with E-state index >= 15 is 0 Å². The van der Waals surface area contributed by atoms with Crippen molar-refractivity contribution < 1.29 is 19.1 Å². The Balaban J connectivity index is 1.70. The van der Waals surface area contributed by atoms with E-state index < -0.39 is 17.9 Å². The van der Waals surface area contributed by atoms with Crippen molar-refractivity contribution in [1.82, 2.24) is 14.6 Å². The molecule has 7 heteroatoms. The summed E-state index contributed by atoms with van der Waals surface area (Å²) in [4.78, 5) is 28.4. The lowest BCUT2D eigenvalue weighted by Gasteiger charge is -2.14. The predicted octanol–water partition coefficient (Wildman–Crippen LogP) is 1.92. The molecule has 7 nitrogen and oxygen atoms in total. The maximum Gasteiger partial charge on any atom is 0.343 e. The van der Waals surface area contributed by atoms with Crippen LogP contribution >= 0.6 is 0 Å². The van der Waals surface area contributed by atoms with Crippen LogP contribution in [0.1, 0.15) is 15.9 Å². The van der Waals surface area contributed by atoms with Crippen molar-refractivity contribution in [3.8, 4) is 0 Å². The van der Waals surface area contributed by atoms with E-state index in [1.165, 1.54) is 17.8 Å². The van der Waals surface area contributed by atoms with Gasteiger partial charge in [0.25, 0.3) is 0 Å². The first-order valence-electron chi connectivity index (χ1n) is 7.76. The maximum atomic E-state index is 12.3. The molecule has 0 aliphatic rings. The topological polar surface area (TPSA) is 82.8 Å². The first-order chi connectivity index (χ1) is 12.2. The van der Waals surface area contributed by atoms with Crippen LogP contribution in [0.15, 0.2) is 55.0 Å². The Morgan fingerprint density at radius 1 is 1.20 bits per heavy atom. The molecule has 2 heterocycles. The fourth-order valence-corrected chi connectivity index (χ4v) is 2.50. The van der Waals surface area contributed by atoms with Crippen LogP contribution in [-0.4, -0.2) is 40.3 Å². The molecule has 0 N–H and O–H groups in total. The number of hydrogen-bond donors (Lipinski definition) is 0. The van der Waals surface area contributed by atoms with E-state index in [9.17, 15) is 9.59 Å². The number of esters is 2. The highest BCUT2D eigenvalue weighted by Crippen LogP contribution is 2.14. The monoisotopic (exact) mass is 339 g/mol. The average Bonchev–Trinajstić information content (AvgIpc) is 3.09. The third-order valence-corrected chi connectivity index (χ3v) is 3.77. The van der Waals surface area contributed by atoms with Crippen molar-refractivity contribution in [3.05, 3.63) is 66.1 Å². The molecule has 0 bridgehead atoms. The van der Waals surface area contributed by atoms with E-state index in [-0.39, 0.29) is 12.2 Å². The molecule has 0 amide bonds. The van der Waals surface area contributed by atoms with Crippen LogP contribution in [0.5, 0.6) is 0 Å². The zero-order valence-corrected chi connectivity index (χ0v) is 13.7. The van der Waals surface area contributed by atoms with Crippen LogP contribution < -0.4 is 0 Å². The lowest BCUT2D eigenvalue weighted by molar-refractivity contribution is -0.146. The molecule has 0 radical (unpaired) electrons. The molecule has 0 aliphatic heterocycles. The van der Waals surface area contributed by atoms with Gasteiger partial charge in [0.1, 0.15) is 12.2 Å². The Morgan fingerprint density at radius 2 is 2.00 bits per heavy atom. The molecule has 0 fully saturated rings. The van der Waals surface area contributed by atoms with Gasteiger partial charge in [0.15, 0.2) is 5.65 Å². The van der Waals surface area contributed by atoms with E-state index in [4.69, 9.17) is 9.47 Å². The Bertz CT molecular complexity index is 876. The van der Waals surface area contributed by atoms with Gasteiger partial charge >= 0.3 is 11.9 Å². The Morgan fingerprint density at radius 3 is 2.76 bits per heavy atom. The summed E-state index contributed by atoms with van der Waals surface area (Å²) in [5.74, 6) is -1.57. The number of carbonyl (C=O) groups excluding carboxylic acids is 2. The van der Waals surface area contributed by atoms with Gasteiger partial charge in [0.05, 0.1) is 19.2 Å². The number of rotatable bonds is 6. The Kier molecular flexibility index (Phi) is 5.03. The minimum atomic E-state index is -0.578. The van der Waals surface area contributed by atoms with Gasteiger partial charge < -0.3 is 9.47 Å². The van der Waals surface area contributed by atoms with Gasteiger partial charge in [-0.3, -0.25) is 4.79 Å². The van der Waals surface area contributed by atoms with Crippen molar-refractivity contribution in [2.45, 2.75) is 6.42 Å². The SMILES string of the molecule is COC(=O)[C@@H](COC(=O)c1cnn2cccnc12)Cc1ccccc1. The molecule has 3 aromatic rings. The summed E-state index contributed by atoms with van der Waals surface area (Å²) < 4.78 is 11.6. The molecule has 0 unspecified atom stereocenters. The number of aromatic nitrogens is 3. The average molecular weight is 339 g/mol. The second-order valence-corrected chi connectivity index (χ2v) is 5.45. The van der Waals surface area contributed by atoms with Gasteiger partial charge in [0.2, 0.25) is 0 Å². The third kappa shape index (κ3) is 3.82. The molecule has 0 aliphatic carbocycles. The molecule has 1 atom stereocenters. The quantitative estimate of drug-likeness (QED) is 0.638. The summed E-state index contributed by atoms with van der Waals surface area (Å²) in [6, 6.07) is 11.2. The molecule has 0 saturated heterocycles. The summed E-state index contributed by atoms with van der Waals surface area (Å²) in [5.41, 5.74) is 1.63. The zero-order valence-electron chi connectivity index (χ0n) is 13.7. The van der Waals surface area contributed by atoms with Crippen LogP contribution in [0.3, 0.4) is 0 Å². The number of fused-ring (bicyclic) bond motifs is 1. The molecular formula is C18H17N3O4.